The van der Waals surface area contributed by atoms with Crippen molar-refractivity contribution in [2.75, 3.05) is 13.1 Å². The largest absolute Gasteiger partial charge is 0.317 e. The number of rotatable bonds is 2. The van der Waals surface area contributed by atoms with Crippen LogP contribution in [0.15, 0.2) is 48.7 Å². The molecule has 1 aromatic carbocycles. The molecule has 4 rings (SSSR count). The Labute approximate surface area is 151 Å². The maximum absolute atomic E-state index is 4.65. The first-order chi connectivity index (χ1) is 12.3. The highest BCUT2D eigenvalue weighted by Gasteiger charge is 2.43. The van der Waals surface area contributed by atoms with E-state index in [9.17, 15) is 0 Å². The Morgan fingerprint density at radius 1 is 1.00 bits per heavy atom. The van der Waals surface area contributed by atoms with E-state index in [1.165, 1.54) is 50.9 Å². The quantitative estimate of drug-likeness (QED) is 0.835. The van der Waals surface area contributed by atoms with Gasteiger partial charge in [-0.2, -0.15) is 0 Å². The molecule has 2 nitrogen and oxygen atoms in total. The van der Waals surface area contributed by atoms with Crippen LogP contribution < -0.4 is 5.32 Å². The highest BCUT2D eigenvalue weighted by Crippen LogP contribution is 2.50. The molecule has 0 bridgehead atoms. The van der Waals surface area contributed by atoms with E-state index in [1.807, 2.05) is 30.5 Å². The molecular formula is C23H26N2. The highest BCUT2D eigenvalue weighted by molar-refractivity contribution is 5.42. The number of pyridine rings is 1. The predicted octanol–water partition coefficient (Wildman–Crippen LogP) is 4.19. The van der Waals surface area contributed by atoms with Gasteiger partial charge in [0.05, 0.1) is 0 Å². The van der Waals surface area contributed by atoms with Gasteiger partial charge in [0.25, 0.3) is 0 Å². The van der Waals surface area contributed by atoms with E-state index in [1.54, 1.807) is 0 Å². The van der Waals surface area contributed by atoms with E-state index in [4.69, 9.17) is 0 Å². The lowest BCUT2D eigenvalue weighted by Crippen LogP contribution is -2.39. The number of aromatic nitrogens is 1. The lowest BCUT2D eigenvalue weighted by molar-refractivity contribution is 0.136. The monoisotopic (exact) mass is 330 g/mol. The second kappa shape index (κ2) is 7.42. The summed E-state index contributed by atoms with van der Waals surface area (Å²) in [4.78, 5) is 4.65. The summed E-state index contributed by atoms with van der Waals surface area (Å²) in [5.74, 6) is 7.34. The summed E-state index contributed by atoms with van der Waals surface area (Å²) in [5.41, 5.74) is 3.92. The number of benzene rings is 1. The fourth-order valence-corrected chi connectivity index (χ4v) is 4.70. The average molecular weight is 330 g/mol. The third kappa shape index (κ3) is 3.78. The zero-order valence-electron chi connectivity index (χ0n) is 14.8. The molecule has 1 unspecified atom stereocenters. The van der Waals surface area contributed by atoms with Crippen molar-refractivity contribution < 1.29 is 0 Å². The van der Waals surface area contributed by atoms with Gasteiger partial charge in [0, 0.05) is 23.0 Å². The van der Waals surface area contributed by atoms with Crippen molar-refractivity contribution in [1.82, 2.24) is 10.3 Å². The Kier molecular flexibility index (Phi) is 4.85. The summed E-state index contributed by atoms with van der Waals surface area (Å²) >= 11 is 0. The first kappa shape index (κ1) is 16.4. The van der Waals surface area contributed by atoms with Crippen molar-refractivity contribution in [1.29, 1.82) is 0 Å². The predicted molar refractivity (Wildman–Crippen MR) is 102 cm³/mol. The minimum atomic E-state index is 0.568. The molecule has 2 heterocycles. The molecule has 2 aromatic rings. The summed E-state index contributed by atoms with van der Waals surface area (Å²) in [5, 5.41) is 3.53. The van der Waals surface area contributed by atoms with Crippen molar-refractivity contribution in [3.8, 4) is 11.8 Å². The molecule has 1 saturated heterocycles. The third-order valence-corrected chi connectivity index (χ3v) is 6.09. The maximum atomic E-state index is 4.65. The van der Waals surface area contributed by atoms with E-state index in [2.05, 4.69) is 40.3 Å². The summed E-state index contributed by atoms with van der Waals surface area (Å²) in [6, 6.07) is 14.4. The Hall–Kier alpha value is -2.11. The molecule has 2 aliphatic rings. The Morgan fingerprint density at radius 2 is 1.80 bits per heavy atom. The molecule has 1 aromatic heterocycles. The molecule has 128 valence electrons. The molecule has 1 spiro atoms. The van der Waals surface area contributed by atoms with Crippen LogP contribution in [-0.4, -0.2) is 18.1 Å². The van der Waals surface area contributed by atoms with Gasteiger partial charge in [0.15, 0.2) is 0 Å². The minimum Gasteiger partial charge on any atom is -0.317 e. The van der Waals surface area contributed by atoms with Gasteiger partial charge in [0.2, 0.25) is 0 Å². The summed E-state index contributed by atoms with van der Waals surface area (Å²) in [7, 11) is 0. The summed E-state index contributed by atoms with van der Waals surface area (Å²) < 4.78 is 0. The van der Waals surface area contributed by atoms with Gasteiger partial charge in [-0.25, -0.2) is 0 Å². The molecule has 2 heteroatoms. The Bertz CT molecular complexity index is 763. The van der Waals surface area contributed by atoms with Crippen LogP contribution in [-0.2, 0) is 6.42 Å². The van der Waals surface area contributed by atoms with E-state index in [0.717, 1.165) is 23.5 Å². The van der Waals surface area contributed by atoms with Crippen LogP contribution in [0.4, 0.5) is 0 Å². The van der Waals surface area contributed by atoms with Crippen LogP contribution in [0.2, 0.25) is 0 Å². The van der Waals surface area contributed by atoms with Gasteiger partial charge in [-0.1, -0.05) is 36.5 Å². The number of nitrogens with one attached hydrogen (secondary N) is 1. The molecule has 25 heavy (non-hydrogen) atoms. The van der Waals surface area contributed by atoms with Gasteiger partial charge in [-0.3, -0.25) is 4.98 Å². The zero-order valence-corrected chi connectivity index (χ0v) is 14.8. The molecule has 0 radical (unpaired) electrons. The van der Waals surface area contributed by atoms with Crippen molar-refractivity contribution in [3.05, 3.63) is 65.5 Å². The minimum absolute atomic E-state index is 0.568. The maximum Gasteiger partial charge on any atom is 0.0419 e. The summed E-state index contributed by atoms with van der Waals surface area (Å²) in [6.07, 6.45) is 9.87. The first-order valence-electron chi connectivity index (χ1n) is 9.57. The highest BCUT2D eigenvalue weighted by atomic mass is 14.9. The molecule has 1 saturated carbocycles. The van der Waals surface area contributed by atoms with Crippen molar-refractivity contribution in [2.24, 2.45) is 11.3 Å². The Balaban J connectivity index is 1.49. The molecule has 1 atom stereocenters. The van der Waals surface area contributed by atoms with Crippen LogP contribution in [0.5, 0.6) is 0 Å². The number of hydrogen-bond donors (Lipinski definition) is 1. The second-order valence-electron chi connectivity index (χ2n) is 7.56. The molecule has 2 fully saturated rings. The van der Waals surface area contributed by atoms with Crippen molar-refractivity contribution >= 4 is 0 Å². The van der Waals surface area contributed by atoms with Crippen molar-refractivity contribution in [3.63, 3.8) is 0 Å². The SMILES string of the molecule is C(#Cc1ccnc(CC2CCCC23CCNCC3)c1)c1ccccc1. The average Bonchev–Trinajstić information content (AvgIpc) is 3.03. The number of nitrogens with zero attached hydrogens (tertiary/aromatic N) is 1. The molecule has 1 N–H and O–H groups in total. The molecular weight excluding hydrogens is 304 g/mol. The standard InChI is InChI=1S/C23H26N2/c1-2-5-19(6-3-1)8-9-20-10-14-25-22(17-20)18-21-7-4-11-23(21)12-15-24-16-13-23/h1-3,5-6,10,14,17,21,24H,4,7,11-13,15-16,18H2. The lowest BCUT2D eigenvalue weighted by atomic mass is 9.69. The van der Waals surface area contributed by atoms with Crippen LogP contribution in [0.3, 0.4) is 0 Å². The van der Waals surface area contributed by atoms with Crippen LogP contribution >= 0.6 is 0 Å². The fourth-order valence-electron chi connectivity index (χ4n) is 4.70. The lowest BCUT2D eigenvalue weighted by Gasteiger charge is -2.39. The number of piperidine rings is 1. The van der Waals surface area contributed by atoms with E-state index in [-0.39, 0.29) is 0 Å². The van der Waals surface area contributed by atoms with Crippen LogP contribution in [0.1, 0.15) is 48.9 Å². The van der Waals surface area contributed by atoms with Crippen LogP contribution in [0.25, 0.3) is 0 Å². The molecule has 0 amide bonds. The molecule has 1 aliphatic carbocycles. The zero-order chi connectivity index (χ0) is 17.0. The topological polar surface area (TPSA) is 24.9 Å². The Morgan fingerprint density at radius 3 is 2.64 bits per heavy atom. The van der Waals surface area contributed by atoms with Gasteiger partial charge in [0.1, 0.15) is 0 Å². The summed E-state index contributed by atoms with van der Waals surface area (Å²) in [6.45, 7) is 2.37. The van der Waals surface area contributed by atoms with E-state index >= 15 is 0 Å². The first-order valence-corrected chi connectivity index (χ1v) is 9.57. The van der Waals surface area contributed by atoms with E-state index < -0.39 is 0 Å². The van der Waals surface area contributed by atoms with E-state index in [0.29, 0.717) is 5.41 Å². The van der Waals surface area contributed by atoms with Crippen LogP contribution in [0, 0.1) is 23.2 Å². The second-order valence-corrected chi connectivity index (χ2v) is 7.56. The number of hydrogen-bond acceptors (Lipinski definition) is 2. The van der Waals surface area contributed by atoms with Gasteiger partial charge in [-0.15, -0.1) is 0 Å². The smallest absolute Gasteiger partial charge is 0.0419 e. The van der Waals surface area contributed by atoms with Gasteiger partial charge >= 0.3 is 0 Å². The van der Waals surface area contributed by atoms with Gasteiger partial charge < -0.3 is 5.32 Å². The van der Waals surface area contributed by atoms with Crippen molar-refractivity contribution in [2.45, 2.75) is 38.5 Å². The van der Waals surface area contributed by atoms with Gasteiger partial charge in [-0.05, 0) is 80.8 Å². The third-order valence-electron chi connectivity index (χ3n) is 6.09. The fraction of sp³-hybridized carbons (Fsp3) is 0.435. The normalized spacial score (nSPS) is 21.7. The molecule has 1 aliphatic heterocycles.